The Morgan fingerprint density at radius 3 is 2.81 bits per heavy atom. The molecule has 1 amide bonds. The van der Waals surface area contributed by atoms with E-state index in [4.69, 9.17) is 10.5 Å². The van der Waals surface area contributed by atoms with Crippen LogP contribution in [0.25, 0.3) is 5.69 Å². The van der Waals surface area contributed by atoms with E-state index in [0.717, 1.165) is 0 Å². The topological polar surface area (TPSA) is 108 Å². The van der Waals surface area contributed by atoms with E-state index >= 15 is 0 Å². The molecule has 0 aliphatic carbocycles. The van der Waals surface area contributed by atoms with E-state index in [-0.39, 0.29) is 24.7 Å². The van der Waals surface area contributed by atoms with Crippen molar-refractivity contribution in [3.05, 3.63) is 24.0 Å². The second-order valence-electron chi connectivity index (χ2n) is 4.11. The largest absolute Gasteiger partial charge is 0.494 e. The predicted octanol–water partition coefficient (Wildman–Crippen LogP) is 0.688. The monoisotopic (exact) mass is 312 g/mol. The molecule has 0 aliphatic rings. The molecule has 9 heteroatoms. The molecule has 2 aromatic rings. The van der Waals surface area contributed by atoms with E-state index in [0.29, 0.717) is 29.5 Å². The quantitative estimate of drug-likeness (QED) is 0.841. The Bertz CT molecular complexity index is 616. The molecule has 114 valence electrons. The summed E-state index contributed by atoms with van der Waals surface area (Å²) in [7, 11) is 1.56. The molecule has 0 fully saturated rings. The molecule has 2 rings (SSSR count). The number of nitrogens with zero attached hydrogens (tertiary/aromatic N) is 4. The first-order chi connectivity index (χ1) is 9.65. The lowest BCUT2D eigenvalue weighted by atomic mass is 10.2. The van der Waals surface area contributed by atoms with Gasteiger partial charge in [-0.1, -0.05) is 0 Å². The number of amides is 1. The molecule has 0 spiro atoms. The number of anilines is 1. The molecule has 0 aliphatic heterocycles. The number of carbonyl (C=O) groups is 1. The number of ether oxygens (including phenoxy) is 1. The minimum Gasteiger partial charge on any atom is -0.494 e. The third kappa shape index (κ3) is 3.89. The van der Waals surface area contributed by atoms with Crippen molar-refractivity contribution in [3.8, 4) is 11.4 Å². The SMILES string of the molecule is COc1ccc(NC(=O)CCN)cc1-n1nnnc1C.Cl. The highest BCUT2D eigenvalue weighted by molar-refractivity contribution is 5.91. The maximum Gasteiger partial charge on any atom is 0.225 e. The normalized spacial score (nSPS) is 9.86. The Labute approximate surface area is 128 Å². The minimum absolute atomic E-state index is 0. The number of benzene rings is 1. The molecule has 1 heterocycles. The van der Waals surface area contributed by atoms with Gasteiger partial charge in [-0.2, -0.15) is 4.68 Å². The summed E-state index contributed by atoms with van der Waals surface area (Å²) in [4.78, 5) is 11.6. The number of carbonyl (C=O) groups excluding carboxylic acids is 1. The number of rotatable bonds is 5. The van der Waals surface area contributed by atoms with Crippen LogP contribution in [0.2, 0.25) is 0 Å². The van der Waals surface area contributed by atoms with Gasteiger partial charge in [0, 0.05) is 18.7 Å². The van der Waals surface area contributed by atoms with Crippen LogP contribution >= 0.6 is 12.4 Å². The maximum atomic E-state index is 11.6. The second-order valence-corrected chi connectivity index (χ2v) is 4.11. The fourth-order valence-corrected chi connectivity index (χ4v) is 1.74. The number of halogens is 1. The van der Waals surface area contributed by atoms with Gasteiger partial charge in [0.15, 0.2) is 5.82 Å². The summed E-state index contributed by atoms with van der Waals surface area (Å²) < 4.78 is 6.82. The summed E-state index contributed by atoms with van der Waals surface area (Å²) >= 11 is 0. The Hall–Kier alpha value is -2.19. The van der Waals surface area contributed by atoms with Crippen LogP contribution in [0.1, 0.15) is 12.2 Å². The number of hydrogen-bond donors (Lipinski definition) is 2. The molecule has 0 unspecified atom stereocenters. The number of nitrogens with one attached hydrogen (secondary N) is 1. The van der Waals surface area contributed by atoms with Crippen molar-refractivity contribution >= 4 is 24.0 Å². The first-order valence-corrected chi connectivity index (χ1v) is 6.09. The zero-order chi connectivity index (χ0) is 14.5. The van der Waals surface area contributed by atoms with Gasteiger partial charge in [0.05, 0.1) is 7.11 Å². The lowest BCUT2D eigenvalue weighted by Gasteiger charge is -2.11. The van der Waals surface area contributed by atoms with Crippen LogP contribution in [0.3, 0.4) is 0 Å². The standard InChI is InChI=1S/C12H16N6O2.ClH/c1-8-15-16-17-18(8)10-7-9(3-4-11(10)20-2)14-12(19)5-6-13;/h3-4,7H,5-6,13H2,1-2H3,(H,14,19);1H. The molecule has 0 bridgehead atoms. The smallest absolute Gasteiger partial charge is 0.225 e. The zero-order valence-electron chi connectivity index (χ0n) is 11.7. The molecule has 3 N–H and O–H groups in total. The van der Waals surface area contributed by atoms with E-state index in [1.165, 1.54) is 4.68 Å². The summed E-state index contributed by atoms with van der Waals surface area (Å²) in [6.45, 7) is 2.08. The van der Waals surface area contributed by atoms with E-state index in [1.807, 2.05) is 0 Å². The third-order valence-electron chi connectivity index (χ3n) is 2.69. The van der Waals surface area contributed by atoms with E-state index in [9.17, 15) is 4.79 Å². The van der Waals surface area contributed by atoms with Crippen molar-refractivity contribution in [2.24, 2.45) is 5.73 Å². The number of tetrazole rings is 1. The first kappa shape index (κ1) is 16.9. The Morgan fingerprint density at radius 2 is 2.24 bits per heavy atom. The van der Waals surface area contributed by atoms with Crippen molar-refractivity contribution in [3.63, 3.8) is 0 Å². The van der Waals surface area contributed by atoms with Gasteiger partial charge in [-0.3, -0.25) is 4.79 Å². The van der Waals surface area contributed by atoms with Gasteiger partial charge in [0.1, 0.15) is 11.4 Å². The lowest BCUT2D eigenvalue weighted by Crippen LogP contribution is -2.16. The van der Waals surface area contributed by atoms with Crippen LogP contribution in [0.4, 0.5) is 5.69 Å². The first-order valence-electron chi connectivity index (χ1n) is 6.09. The highest BCUT2D eigenvalue weighted by Crippen LogP contribution is 2.26. The predicted molar refractivity (Wildman–Crippen MR) is 80.0 cm³/mol. The van der Waals surface area contributed by atoms with Crippen molar-refractivity contribution in [1.82, 2.24) is 20.2 Å². The van der Waals surface area contributed by atoms with Gasteiger partial charge in [0.25, 0.3) is 0 Å². The zero-order valence-corrected chi connectivity index (χ0v) is 12.6. The van der Waals surface area contributed by atoms with E-state index < -0.39 is 0 Å². The molecule has 0 radical (unpaired) electrons. The summed E-state index contributed by atoms with van der Waals surface area (Å²) in [5.74, 6) is 1.09. The van der Waals surface area contributed by atoms with Gasteiger partial charge in [-0.25, -0.2) is 0 Å². The number of aryl methyl sites for hydroxylation is 1. The van der Waals surface area contributed by atoms with E-state index in [2.05, 4.69) is 20.8 Å². The lowest BCUT2D eigenvalue weighted by molar-refractivity contribution is -0.116. The van der Waals surface area contributed by atoms with Gasteiger partial charge in [-0.15, -0.1) is 17.5 Å². The highest BCUT2D eigenvalue weighted by Gasteiger charge is 2.12. The Balaban J connectivity index is 0.00000220. The van der Waals surface area contributed by atoms with Crippen LogP contribution in [0.5, 0.6) is 5.75 Å². The van der Waals surface area contributed by atoms with Crippen molar-refractivity contribution < 1.29 is 9.53 Å². The molecule has 21 heavy (non-hydrogen) atoms. The number of hydrogen-bond acceptors (Lipinski definition) is 6. The Morgan fingerprint density at radius 1 is 1.48 bits per heavy atom. The third-order valence-corrected chi connectivity index (χ3v) is 2.69. The molecule has 0 saturated carbocycles. The highest BCUT2D eigenvalue weighted by atomic mass is 35.5. The summed E-state index contributed by atoms with van der Waals surface area (Å²) in [6.07, 6.45) is 0.269. The molecular formula is C12H17ClN6O2. The average molecular weight is 313 g/mol. The summed E-state index contributed by atoms with van der Waals surface area (Å²) in [5.41, 5.74) is 6.63. The number of methoxy groups -OCH3 is 1. The fourth-order valence-electron chi connectivity index (χ4n) is 1.74. The maximum absolute atomic E-state index is 11.6. The van der Waals surface area contributed by atoms with Gasteiger partial charge >= 0.3 is 0 Å². The van der Waals surface area contributed by atoms with Gasteiger partial charge in [-0.05, 0) is 35.5 Å². The van der Waals surface area contributed by atoms with Crippen molar-refractivity contribution in [2.45, 2.75) is 13.3 Å². The average Bonchev–Trinajstić information content (AvgIpc) is 2.85. The molecule has 8 nitrogen and oxygen atoms in total. The number of aromatic nitrogens is 4. The fraction of sp³-hybridized carbons (Fsp3) is 0.333. The molecule has 1 aromatic heterocycles. The van der Waals surface area contributed by atoms with Gasteiger partial charge < -0.3 is 15.8 Å². The van der Waals surface area contributed by atoms with Crippen LogP contribution in [-0.4, -0.2) is 39.8 Å². The minimum atomic E-state index is -0.142. The van der Waals surface area contributed by atoms with Crippen LogP contribution in [0, 0.1) is 6.92 Å². The molecule has 0 saturated heterocycles. The summed E-state index contributed by atoms with van der Waals surface area (Å²) in [6, 6.07) is 5.24. The van der Waals surface area contributed by atoms with Crippen molar-refractivity contribution in [2.75, 3.05) is 19.0 Å². The second kappa shape index (κ2) is 7.55. The molecule has 1 aromatic carbocycles. The van der Waals surface area contributed by atoms with E-state index in [1.54, 1.807) is 32.2 Å². The molecular weight excluding hydrogens is 296 g/mol. The van der Waals surface area contributed by atoms with Crippen molar-refractivity contribution in [1.29, 1.82) is 0 Å². The summed E-state index contributed by atoms with van der Waals surface area (Å²) in [5, 5.41) is 14.1. The van der Waals surface area contributed by atoms with Crippen LogP contribution in [-0.2, 0) is 4.79 Å². The van der Waals surface area contributed by atoms with Gasteiger partial charge in [0.2, 0.25) is 5.91 Å². The Kier molecular flexibility index (Phi) is 6.07. The molecule has 0 atom stereocenters. The van der Waals surface area contributed by atoms with Crippen LogP contribution in [0.15, 0.2) is 18.2 Å². The van der Waals surface area contributed by atoms with Crippen LogP contribution < -0.4 is 15.8 Å². The number of nitrogens with two attached hydrogens (primary N) is 1.